The van der Waals surface area contributed by atoms with Gasteiger partial charge in [0.2, 0.25) is 0 Å². The van der Waals surface area contributed by atoms with Crippen LogP contribution in [0.3, 0.4) is 0 Å². The molecule has 2 aromatic rings. The average Bonchev–Trinajstić information content (AvgIpc) is 2.94. The summed E-state index contributed by atoms with van der Waals surface area (Å²) >= 11 is 12.4. The minimum absolute atomic E-state index is 0.739. The van der Waals surface area contributed by atoms with Gasteiger partial charge < -0.3 is 0 Å². The monoisotopic (exact) mass is 305 g/mol. The van der Waals surface area contributed by atoms with Crippen LogP contribution in [0.5, 0.6) is 0 Å². The third-order valence-electron chi connectivity index (χ3n) is 3.77. The molecule has 0 spiro atoms. The molecule has 0 saturated carbocycles. The molecule has 0 aliphatic carbocycles. The van der Waals surface area contributed by atoms with E-state index in [-0.39, 0.29) is 0 Å². The second kappa shape index (κ2) is 6.17. The summed E-state index contributed by atoms with van der Waals surface area (Å²) in [7, 11) is 0. The Morgan fingerprint density at radius 3 is 2.50 bits per heavy atom. The Morgan fingerprint density at radius 1 is 0.950 bits per heavy atom. The highest BCUT2D eigenvalue weighted by molar-refractivity contribution is 6.33. The van der Waals surface area contributed by atoms with E-state index in [9.17, 15) is 0 Å². The molecule has 0 unspecified atom stereocenters. The fourth-order valence-electron chi connectivity index (χ4n) is 2.75. The van der Waals surface area contributed by atoms with E-state index in [1.807, 2.05) is 30.3 Å². The third kappa shape index (κ3) is 3.17. The summed E-state index contributed by atoms with van der Waals surface area (Å²) in [5, 5.41) is 1.51. The van der Waals surface area contributed by atoms with Crippen LogP contribution in [0.25, 0.3) is 11.1 Å². The fraction of sp³-hybridized carbons (Fsp3) is 0.294. The van der Waals surface area contributed by atoms with Crippen LogP contribution < -0.4 is 0 Å². The maximum atomic E-state index is 6.34. The summed E-state index contributed by atoms with van der Waals surface area (Å²) in [6.45, 7) is 3.41. The van der Waals surface area contributed by atoms with E-state index in [1.54, 1.807) is 0 Å². The first-order valence-corrected chi connectivity index (χ1v) is 7.75. The highest BCUT2D eigenvalue weighted by Gasteiger charge is 2.13. The van der Waals surface area contributed by atoms with Crippen LogP contribution in [0.4, 0.5) is 0 Å². The second-order valence-corrected chi connectivity index (χ2v) is 6.15. The Labute approximate surface area is 130 Å². The van der Waals surface area contributed by atoms with E-state index in [2.05, 4.69) is 17.0 Å². The molecule has 0 aromatic heterocycles. The zero-order valence-electron chi connectivity index (χ0n) is 11.3. The van der Waals surface area contributed by atoms with E-state index in [4.69, 9.17) is 23.2 Å². The van der Waals surface area contributed by atoms with Crippen LogP contribution in [-0.4, -0.2) is 18.0 Å². The van der Waals surface area contributed by atoms with Crippen molar-refractivity contribution in [2.75, 3.05) is 13.1 Å². The van der Waals surface area contributed by atoms with Crippen molar-refractivity contribution < 1.29 is 0 Å². The van der Waals surface area contributed by atoms with Crippen molar-refractivity contribution in [1.29, 1.82) is 0 Å². The van der Waals surface area contributed by atoms with E-state index in [0.29, 0.717) is 0 Å². The molecule has 1 aliphatic rings. The minimum Gasteiger partial charge on any atom is -0.299 e. The van der Waals surface area contributed by atoms with Gasteiger partial charge in [-0.1, -0.05) is 41.4 Å². The van der Waals surface area contributed by atoms with E-state index >= 15 is 0 Å². The van der Waals surface area contributed by atoms with Crippen molar-refractivity contribution in [2.24, 2.45) is 0 Å². The van der Waals surface area contributed by atoms with Gasteiger partial charge >= 0.3 is 0 Å². The maximum Gasteiger partial charge on any atom is 0.0484 e. The van der Waals surface area contributed by atoms with E-state index < -0.39 is 0 Å². The molecule has 104 valence electrons. The molecule has 1 fully saturated rings. The summed E-state index contributed by atoms with van der Waals surface area (Å²) in [6.07, 6.45) is 2.63. The number of hydrogen-bond acceptors (Lipinski definition) is 1. The van der Waals surface area contributed by atoms with Crippen LogP contribution >= 0.6 is 23.2 Å². The van der Waals surface area contributed by atoms with Crippen molar-refractivity contribution in [2.45, 2.75) is 19.4 Å². The smallest absolute Gasteiger partial charge is 0.0484 e. The van der Waals surface area contributed by atoms with Crippen LogP contribution in [0.15, 0.2) is 42.5 Å². The highest BCUT2D eigenvalue weighted by atomic mass is 35.5. The largest absolute Gasteiger partial charge is 0.299 e. The van der Waals surface area contributed by atoms with Gasteiger partial charge in [0.15, 0.2) is 0 Å². The lowest BCUT2D eigenvalue weighted by molar-refractivity contribution is 0.331. The molecule has 0 N–H and O–H groups in total. The molecule has 1 nitrogen and oxygen atoms in total. The molecule has 1 heterocycles. The number of hydrogen-bond donors (Lipinski definition) is 0. The summed E-state index contributed by atoms with van der Waals surface area (Å²) in [4.78, 5) is 2.49. The van der Waals surface area contributed by atoms with Crippen LogP contribution in [0, 0.1) is 0 Å². The van der Waals surface area contributed by atoms with E-state index in [1.165, 1.54) is 31.5 Å². The van der Waals surface area contributed by atoms with Crippen LogP contribution in [0.1, 0.15) is 18.4 Å². The highest BCUT2D eigenvalue weighted by Crippen LogP contribution is 2.31. The molecule has 3 rings (SSSR count). The lowest BCUT2D eigenvalue weighted by Crippen LogP contribution is -2.18. The molecule has 20 heavy (non-hydrogen) atoms. The third-order valence-corrected chi connectivity index (χ3v) is 4.34. The molecular formula is C17H17Cl2N. The summed E-state index contributed by atoms with van der Waals surface area (Å²) in [5.41, 5.74) is 3.45. The molecule has 3 heteroatoms. The first-order chi connectivity index (χ1) is 9.72. The van der Waals surface area contributed by atoms with Gasteiger partial charge in [0, 0.05) is 22.2 Å². The molecule has 0 amide bonds. The summed E-state index contributed by atoms with van der Waals surface area (Å²) < 4.78 is 0. The first kappa shape index (κ1) is 13.9. The fourth-order valence-corrected chi connectivity index (χ4v) is 3.16. The number of nitrogens with zero attached hydrogens (tertiary/aromatic N) is 1. The van der Waals surface area contributed by atoms with Gasteiger partial charge in [-0.2, -0.15) is 0 Å². The van der Waals surface area contributed by atoms with Crippen molar-refractivity contribution in [3.8, 4) is 11.1 Å². The molecule has 1 aliphatic heterocycles. The second-order valence-electron chi connectivity index (χ2n) is 5.31. The minimum atomic E-state index is 0.739. The topological polar surface area (TPSA) is 3.24 Å². The zero-order chi connectivity index (χ0) is 13.9. The molecule has 1 saturated heterocycles. The van der Waals surface area contributed by atoms with Gasteiger partial charge in [-0.05, 0) is 61.3 Å². The Morgan fingerprint density at radius 2 is 1.75 bits per heavy atom. The van der Waals surface area contributed by atoms with Gasteiger partial charge in [-0.25, -0.2) is 0 Å². The number of benzene rings is 2. The Hall–Kier alpha value is -1.02. The molecular weight excluding hydrogens is 289 g/mol. The van der Waals surface area contributed by atoms with Gasteiger partial charge in [-0.15, -0.1) is 0 Å². The van der Waals surface area contributed by atoms with Crippen LogP contribution in [-0.2, 0) is 6.54 Å². The van der Waals surface area contributed by atoms with Crippen molar-refractivity contribution in [3.63, 3.8) is 0 Å². The molecule has 0 atom stereocenters. The standard InChI is InChI=1S/C17H17Cl2N/c18-15-5-3-4-14(11-15)16-10-13(6-7-17(16)19)12-20-8-1-2-9-20/h3-7,10-11H,1-2,8-9,12H2. The molecule has 2 aromatic carbocycles. The van der Waals surface area contributed by atoms with Crippen LogP contribution in [0.2, 0.25) is 10.0 Å². The predicted molar refractivity (Wildman–Crippen MR) is 86.4 cm³/mol. The molecule has 0 bridgehead atoms. The molecule has 0 radical (unpaired) electrons. The normalized spacial score (nSPS) is 15.7. The van der Waals surface area contributed by atoms with Gasteiger partial charge in [0.05, 0.1) is 0 Å². The summed E-state index contributed by atoms with van der Waals surface area (Å²) in [5.74, 6) is 0. The van der Waals surface area contributed by atoms with Crippen molar-refractivity contribution in [3.05, 3.63) is 58.1 Å². The number of rotatable bonds is 3. The van der Waals surface area contributed by atoms with Gasteiger partial charge in [0.25, 0.3) is 0 Å². The quantitative estimate of drug-likeness (QED) is 0.748. The zero-order valence-corrected chi connectivity index (χ0v) is 12.8. The SMILES string of the molecule is Clc1cccc(-c2cc(CN3CCCC3)ccc2Cl)c1. The summed E-state index contributed by atoms with van der Waals surface area (Å²) in [6, 6.07) is 14.1. The Kier molecular flexibility index (Phi) is 4.30. The maximum absolute atomic E-state index is 6.34. The number of likely N-dealkylation sites (tertiary alicyclic amines) is 1. The lowest BCUT2D eigenvalue weighted by atomic mass is 10.0. The predicted octanol–water partition coefficient (Wildman–Crippen LogP) is 5.26. The Bertz CT molecular complexity index is 604. The Balaban J connectivity index is 1.90. The van der Waals surface area contributed by atoms with Crippen molar-refractivity contribution in [1.82, 2.24) is 4.90 Å². The van der Waals surface area contributed by atoms with Crippen molar-refractivity contribution >= 4 is 23.2 Å². The first-order valence-electron chi connectivity index (χ1n) is 6.99. The van der Waals surface area contributed by atoms with E-state index in [0.717, 1.165) is 27.7 Å². The van der Waals surface area contributed by atoms with Gasteiger partial charge in [0.1, 0.15) is 0 Å². The number of halogens is 2. The lowest BCUT2D eigenvalue weighted by Gasteiger charge is -2.16. The average molecular weight is 306 g/mol. The van der Waals surface area contributed by atoms with Gasteiger partial charge in [-0.3, -0.25) is 4.90 Å².